The first kappa shape index (κ1) is 23.9. The average molecular weight is 453 g/mol. The van der Waals surface area contributed by atoms with Crippen LogP contribution in [-0.2, 0) is 0 Å². The van der Waals surface area contributed by atoms with Crippen molar-refractivity contribution in [1.29, 1.82) is 0 Å². The molecule has 1 atom stereocenters. The van der Waals surface area contributed by atoms with Gasteiger partial charge in [-0.2, -0.15) is 0 Å². The number of guanidine groups is 1. The predicted molar refractivity (Wildman–Crippen MR) is 117 cm³/mol. The summed E-state index contributed by atoms with van der Waals surface area (Å²) in [6.45, 7) is 11.4. The number of rotatable bonds is 9. The summed E-state index contributed by atoms with van der Waals surface area (Å²) < 4.78 is 0. The molecule has 0 aromatic heterocycles. The Bertz CT molecular complexity index is 325. The second kappa shape index (κ2) is 15.2. The van der Waals surface area contributed by atoms with Gasteiger partial charge in [0.25, 0.3) is 0 Å². The van der Waals surface area contributed by atoms with Crippen molar-refractivity contribution in [2.24, 2.45) is 4.99 Å². The van der Waals surface area contributed by atoms with E-state index in [4.69, 9.17) is 0 Å². The lowest BCUT2D eigenvalue weighted by Gasteiger charge is -2.22. The van der Waals surface area contributed by atoms with Crippen molar-refractivity contribution < 1.29 is 0 Å². The van der Waals surface area contributed by atoms with Crippen LogP contribution in [0.2, 0.25) is 0 Å². The number of hydrogen-bond donors (Lipinski definition) is 2. The molecule has 5 nitrogen and oxygen atoms in total. The Balaban J connectivity index is 0.00000529. The normalized spacial score (nSPS) is 18.6. The van der Waals surface area contributed by atoms with Crippen molar-refractivity contribution in [3.8, 4) is 0 Å². The lowest BCUT2D eigenvalue weighted by molar-refractivity contribution is 0.279. The van der Waals surface area contributed by atoms with Gasteiger partial charge in [-0.25, -0.2) is 0 Å². The molecule has 144 valence electrons. The predicted octanol–water partition coefficient (Wildman–Crippen LogP) is 2.77. The van der Waals surface area contributed by atoms with Crippen molar-refractivity contribution >= 4 is 29.9 Å². The molecule has 0 bridgehead atoms. The Labute approximate surface area is 167 Å². The van der Waals surface area contributed by atoms with E-state index in [1.165, 1.54) is 64.7 Å². The molecule has 24 heavy (non-hydrogen) atoms. The molecule has 0 spiro atoms. The number of halogens is 1. The van der Waals surface area contributed by atoms with Crippen LogP contribution >= 0.6 is 24.0 Å². The number of likely N-dealkylation sites (N-methyl/N-ethyl adjacent to an activating group) is 1. The molecule has 0 saturated carbocycles. The van der Waals surface area contributed by atoms with Crippen LogP contribution in [0.5, 0.6) is 0 Å². The summed E-state index contributed by atoms with van der Waals surface area (Å²) in [6.07, 6.45) is 7.80. The third-order valence-electron chi connectivity index (χ3n) is 4.63. The summed E-state index contributed by atoms with van der Waals surface area (Å²) in [4.78, 5) is 9.33. The molecule has 0 amide bonds. The lowest BCUT2D eigenvalue weighted by atomic mass is 10.1. The molecule has 2 N–H and O–H groups in total. The number of aliphatic imine (C=N–C) groups is 1. The van der Waals surface area contributed by atoms with Gasteiger partial charge in [0, 0.05) is 39.3 Å². The first-order chi connectivity index (χ1) is 11.2. The third-order valence-corrected chi connectivity index (χ3v) is 4.63. The highest BCUT2D eigenvalue weighted by Gasteiger charge is 2.11. The van der Waals surface area contributed by atoms with Crippen molar-refractivity contribution in [3.63, 3.8) is 0 Å². The Kier molecular flexibility index (Phi) is 15.1. The highest BCUT2D eigenvalue weighted by Crippen LogP contribution is 2.05. The molecule has 1 heterocycles. The van der Waals surface area contributed by atoms with Crippen molar-refractivity contribution in [2.45, 2.75) is 58.4 Å². The molecule has 0 aromatic carbocycles. The van der Waals surface area contributed by atoms with Gasteiger partial charge in [0.1, 0.15) is 0 Å². The zero-order chi connectivity index (χ0) is 16.9. The van der Waals surface area contributed by atoms with E-state index in [-0.39, 0.29) is 24.0 Å². The fourth-order valence-electron chi connectivity index (χ4n) is 3.03. The minimum Gasteiger partial charge on any atom is -0.355 e. The van der Waals surface area contributed by atoms with Gasteiger partial charge in [0.2, 0.25) is 0 Å². The standard InChI is InChI=1S/C18H39N5.HI/c1-5-6-7-8-10-17(2)21-18(19-3)20-11-14-23-13-9-12-22(4)15-16-23;/h17H,5-16H2,1-4H3,(H2,19,20,21);1H. The van der Waals surface area contributed by atoms with Gasteiger partial charge in [-0.1, -0.05) is 32.6 Å². The molecule has 1 aliphatic heterocycles. The van der Waals surface area contributed by atoms with Crippen LogP contribution < -0.4 is 10.6 Å². The molecule has 1 fully saturated rings. The summed E-state index contributed by atoms with van der Waals surface area (Å²) >= 11 is 0. The first-order valence-electron chi connectivity index (χ1n) is 9.53. The smallest absolute Gasteiger partial charge is 0.191 e. The fraction of sp³-hybridized carbons (Fsp3) is 0.944. The van der Waals surface area contributed by atoms with Gasteiger partial charge in [-0.15, -0.1) is 24.0 Å². The van der Waals surface area contributed by atoms with Crippen molar-refractivity contribution in [1.82, 2.24) is 20.4 Å². The molecule has 0 aliphatic carbocycles. The topological polar surface area (TPSA) is 42.9 Å². The fourth-order valence-corrected chi connectivity index (χ4v) is 3.03. The van der Waals surface area contributed by atoms with Crippen LogP contribution in [0.4, 0.5) is 0 Å². The van der Waals surface area contributed by atoms with Gasteiger partial charge >= 0.3 is 0 Å². The molecule has 1 aliphatic rings. The molecule has 1 unspecified atom stereocenters. The van der Waals surface area contributed by atoms with Crippen molar-refractivity contribution in [2.75, 3.05) is 53.4 Å². The van der Waals surface area contributed by atoms with Gasteiger partial charge in [0.05, 0.1) is 0 Å². The molecular formula is C18H40IN5. The minimum atomic E-state index is 0. The Morgan fingerprint density at radius 1 is 1.12 bits per heavy atom. The number of nitrogens with zero attached hydrogens (tertiary/aromatic N) is 3. The van der Waals surface area contributed by atoms with Crippen LogP contribution in [-0.4, -0.2) is 75.2 Å². The number of nitrogens with one attached hydrogen (secondary N) is 2. The average Bonchev–Trinajstić information content (AvgIpc) is 2.75. The molecule has 0 radical (unpaired) electrons. The van der Waals surface area contributed by atoms with Gasteiger partial charge in [0.15, 0.2) is 5.96 Å². The lowest BCUT2D eigenvalue weighted by Crippen LogP contribution is -2.45. The highest BCUT2D eigenvalue weighted by molar-refractivity contribution is 14.0. The molecule has 0 aromatic rings. The van der Waals surface area contributed by atoms with Gasteiger partial charge in [-0.3, -0.25) is 4.99 Å². The summed E-state index contributed by atoms with van der Waals surface area (Å²) in [6, 6.07) is 0.491. The maximum atomic E-state index is 4.35. The summed E-state index contributed by atoms with van der Waals surface area (Å²) in [5.41, 5.74) is 0. The van der Waals surface area contributed by atoms with E-state index < -0.39 is 0 Å². The van der Waals surface area contributed by atoms with Crippen LogP contribution in [0.3, 0.4) is 0 Å². The third kappa shape index (κ3) is 11.5. The first-order valence-corrected chi connectivity index (χ1v) is 9.53. The molecule has 1 rings (SSSR count). The molecule has 6 heteroatoms. The van der Waals surface area contributed by atoms with Gasteiger partial charge in [-0.05, 0) is 39.9 Å². The van der Waals surface area contributed by atoms with E-state index in [1.54, 1.807) is 0 Å². The zero-order valence-corrected chi connectivity index (χ0v) is 18.6. The Hall–Kier alpha value is -0.0800. The van der Waals surface area contributed by atoms with E-state index >= 15 is 0 Å². The monoisotopic (exact) mass is 453 g/mol. The molecular weight excluding hydrogens is 413 g/mol. The Morgan fingerprint density at radius 2 is 1.92 bits per heavy atom. The maximum Gasteiger partial charge on any atom is 0.191 e. The van der Waals surface area contributed by atoms with E-state index in [0.29, 0.717) is 6.04 Å². The maximum absolute atomic E-state index is 4.35. The minimum absolute atomic E-state index is 0. The van der Waals surface area contributed by atoms with Crippen LogP contribution in [0.1, 0.15) is 52.4 Å². The van der Waals surface area contributed by atoms with E-state index in [1.807, 2.05) is 7.05 Å². The number of unbranched alkanes of at least 4 members (excludes halogenated alkanes) is 3. The Morgan fingerprint density at radius 3 is 2.62 bits per heavy atom. The second-order valence-electron chi connectivity index (χ2n) is 6.89. The summed E-state index contributed by atoms with van der Waals surface area (Å²) in [7, 11) is 4.08. The second-order valence-corrected chi connectivity index (χ2v) is 6.89. The van der Waals surface area contributed by atoms with Crippen LogP contribution in [0.25, 0.3) is 0 Å². The van der Waals surface area contributed by atoms with E-state index in [0.717, 1.165) is 19.0 Å². The van der Waals surface area contributed by atoms with Crippen LogP contribution in [0, 0.1) is 0 Å². The highest BCUT2D eigenvalue weighted by atomic mass is 127. The largest absolute Gasteiger partial charge is 0.355 e. The zero-order valence-electron chi connectivity index (χ0n) is 16.3. The number of hydrogen-bond acceptors (Lipinski definition) is 3. The van der Waals surface area contributed by atoms with E-state index in [9.17, 15) is 0 Å². The van der Waals surface area contributed by atoms with Crippen LogP contribution in [0.15, 0.2) is 4.99 Å². The quantitative estimate of drug-likeness (QED) is 0.244. The van der Waals surface area contributed by atoms with E-state index in [2.05, 4.69) is 46.3 Å². The summed E-state index contributed by atoms with van der Waals surface area (Å²) in [5.74, 6) is 0.944. The van der Waals surface area contributed by atoms with Crippen molar-refractivity contribution in [3.05, 3.63) is 0 Å². The molecule has 1 saturated heterocycles. The van der Waals surface area contributed by atoms with Gasteiger partial charge < -0.3 is 20.4 Å². The SMILES string of the molecule is CCCCCCC(C)NC(=NC)NCCN1CCCN(C)CC1.I. The summed E-state index contributed by atoms with van der Waals surface area (Å²) in [5, 5.41) is 6.98.